The number of nitrogens with one attached hydrogen (secondary N) is 1. The van der Waals surface area contributed by atoms with Gasteiger partial charge in [0.1, 0.15) is 17.1 Å². The molecule has 3 N–H and O–H groups in total. The molecule has 0 aliphatic heterocycles. The molecule has 0 saturated heterocycles. The fourth-order valence-electron chi connectivity index (χ4n) is 1.33. The summed E-state index contributed by atoms with van der Waals surface area (Å²) in [6.45, 7) is 1.91. The average Bonchev–Trinajstić information content (AvgIpc) is 2.59. The largest absolute Gasteiger partial charge is 0.345 e. The van der Waals surface area contributed by atoms with Crippen LogP contribution in [0, 0.1) is 0 Å². The van der Waals surface area contributed by atoms with Crippen LogP contribution in [-0.2, 0) is 0 Å². The second-order valence-corrected chi connectivity index (χ2v) is 3.71. The van der Waals surface area contributed by atoms with Crippen LogP contribution in [0.25, 0.3) is 17.1 Å². The summed E-state index contributed by atoms with van der Waals surface area (Å²) in [7, 11) is 0. The fourth-order valence-corrected chi connectivity index (χ4v) is 1.58. The molecule has 1 atom stereocenters. The summed E-state index contributed by atoms with van der Waals surface area (Å²) in [6, 6.07) is 0.0124. The fraction of sp³-hybridized carbons (Fsp3) is 0.200. The molecule has 4 nitrogen and oxygen atoms in total. The van der Waals surface area contributed by atoms with E-state index < -0.39 is 0 Å². The summed E-state index contributed by atoms with van der Waals surface area (Å²) in [5, 5.41) is 1.28. The molecule has 0 fully saturated rings. The van der Waals surface area contributed by atoms with Gasteiger partial charge in [0.2, 0.25) is 0 Å². The Morgan fingerprint density at radius 2 is 2.33 bits per heavy atom. The molecule has 2 aromatic rings. The van der Waals surface area contributed by atoms with Crippen LogP contribution in [0.5, 0.6) is 0 Å². The molecular formula is C10H11ClN4. The zero-order valence-electron chi connectivity index (χ0n) is 8.24. The molecule has 0 saturated carbocycles. The predicted molar refractivity (Wildman–Crippen MR) is 61.6 cm³/mol. The summed E-state index contributed by atoms with van der Waals surface area (Å²) >= 11 is 5.98. The van der Waals surface area contributed by atoms with E-state index in [0.717, 1.165) is 16.6 Å². The summed E-state index contributed by atoms with van der Waals surface area (Å²) in [6.07, 6.45) is 7.08. The second kappa shape index (κ2) is 4.00. The number of hydrogen-bond donors (Lipinski definition) is 2. The third kappa shape index (κ3) is 2.00. The summed E-state index contributed by atoms with van der Waals surface area (Å²) in [5.41, 5.74) is 7.32. The molecule has 15 heavy (non-hydrogen) atoms. The van der Waals surface area contributed by atoms with Crippen molar-refractivity contribution in [2.45, 2.75) is 13.0 Å². The highest BCUT2D eigenvalue weighted by atomic mass is 35.5. The van der Waals surface area contributed by atoms with Crippen LogP contribution in [-0.4, -0.2) is 21.0 Å². The first kappa shape index (κ1) is 10.1. The number of rotatable bonds is 2. The van der Waals surface area contributed by atoms with Crippen LogP contribution >= 0.6 is 11.6 Å². The molecule has 2 rings (SSSR count). The Kier molecular flexibility index (Phi) is 2.70. The number of nitrogens with zero attached hydrogens (tertiary/aromatic N) is 2. The quantitative estimate of drug-likeness (QED) is 0.764. The normalized spacial score (nSPS) is 13.8. The topological polar surface area (TPSA) is 67.6 Å². The number of fused-ring (bicyclic) bond motifs is 1. The summed E-state index contributed by atoms with van der Waals surface area (Å²) in [4.78, 5) is 11.0. The highest BCUT2D eigenvalue weighted by molar-refractivity contribution is 6.34. The Bertz CT molecular complexity index is 501. The first-order chi connectivity index (χ1) is 7.18. The molecule has 0 aliphatic rings. The van der Waals surface area contributed by atoms with Gasteiger partial charge in [-0.25, -0.2) is 9.97 Å². The van der Waals surface area contributed by atoms with Crippen LogP contribution in [0.1, 0.15) is 12.5 Å². The van der Waals surface area contributed by atoms with Crippen LogP contribution in [0.4, 0.5) is 0 Å². The minimum atomic E-state index is 0.0124. The number of halogens is 1. The maximum atomic E-state index is 5.98. The third-order valence-electron chi connectivity index (χ3n) is 2.03. The highest BCUT2D eigenvalue weighted by Crippen LogP contribution is 2.23. The standard InChI is InChI=1S/C10H11ClN4/c1-6(12)2-3-7-4-13-10-8(7)9(11)14-5-15-10/h2-6H,12H2,1H3,(H,13,14,15)/b3-2+. The lowest BCUT2D eigenvalue weighted by atomic mass is 10.2. The Morgan fingerprint density at radius 3 is 3.07 bits per heavy atom. The molecule has 0 radical (unpaired) electrons. The van der Waals surface area contributed by atoms with Gasteiger partial charge in [-0.2, -0.15) is 0 Å². The minimum absolute atomic E-state index is 0.0124. The van der Waals surface area contributed by atoms with Gasteiger partial charge in [0.05, 0.1) is 5.39 Å². The molecule has 0 amide bonds. The van der Waals surface area contributed by atoms with Gasteiger partial charge >= 0.3 is 0 Å². The van der Waals surface area contributed by atoms with E-state index in [4.69, 9.17) is 17.3 Å². The van der Waals surface area contributed by atoms with Gasteiger partial charge < -0.3 is 10.7 Å². The van der Waals surface area contributed by atoms with Crippen molar-refractivity contribution in [2.24, 2.45) is 5.73 Å². The molecular weight excluding hydrogens is 212 g/mol. The molecule has 2 heterocycles. The van der Waals surface area contributed by atoms with Crippen molar-refractivity contribution in [3.63, 3.8) is 0 Å². The Labute approximate surface area is 92.2 Å². The number of H-pyrrole nitrogens is 1. The lowest BCUT2D eigenvalue weighted by Gasteiger charge is -1.95. The van der Waals surface area contributed by atoms with Crippen LogP contribution in [0.15, 0.2) is 18.6 Å². The van der Waals surface area contributed by atoms with Crippen molar-refractivity contribution in [1.82, 2.24) is 15.0 Å². The first-order valence-electron chi connectivity index (χ1n) is 4.60. The molecule has 1 unspecified atom stereocenters. The number of aromatic amines is 1. The van der Waals surface area contributed by atoms with Gasteiger partial charge in [0, 0.05) is 17.8 Å². The van der Waals surface area contributed by atoms with Crippen molar-refractivity contribution in [3.8, 4) is 0 Å². The molecule has 2 aromatic heterocycles. The smallest absolute Gasteiger partial charge is 0.142 e. The van der Waals surface area contributed by atoms with Gasteiger partial charge in [0.25, 0.3) is 0 Å². The van der Waals surface area contributed by atoms with E-state index in [-0.39, 0.29) is 6.04 Å². The van der Waals surface area contributed by atoms with Gasteiger partial charge in [0.15, 0.2) is 0 Å². The number of aromatic nitrogens is 3. The minimum Gasteiger partial charge on any atom is -0.345 e. The zero-order valence-corrected chi connectivity index (χ0v) is 8.99. The average molecular weight is 223 g/mol. The molecule has 0 aliphatic carbocycles. The van der Waals surface area contributed by atoms with Crippen LogP contribution < -0.4 is 5.73 Å². The lowest BCUT2D eigenvalue weighted by Crippen LogP contribution is -2.09. The number of nitrogens with two attached hydrogens (primary N) is 1. The van der Waals surface area contributed by atoms with Gasteiger partial charge in [-0.05, 0) is 6.92 Å². The summed E-state index contributed by atoms with van der Waals surface area (Å²) in [5.74, 6) is 0. The van der Waals surface area contributed by atoms with Crippen LogP contribution in [0.2, 0.25) is 5.15 Å². The maximum Gasteiger partial charge on any atom is 0.142 e. The monoisotopic (exact) mass is 222 g/mol. The first-order valence-corrected chi connectivity index (χ1v) is 4.97. The van der Waals surface area contributed by atoms with Crippen molar-refractivity contribution < 1.29 is 0 Å². The highest BCUT2D eigenvalue weighted by Gasteiger charge is 2.06. The van der Waals surface area contributed by atoms with E-state index in [1.54, 1.807) is 0 Å². The SMILES string of the molecule is CC(N)/C=C/c1c[nH]c2ncnc(Cl)c12. The van der Waals surface area contributed by atoms with E-state index >= 15 is 0 Å². The van der Waals surface area contributed by atoms with Crippen molar-refractivity contribution in [2.75, 3.05) is 0 Å². The molecule has 5 heteroatoms. The van der Waals surface area contributed by atoms with Crippen molar-refractivity contribution in [3.05, 3.63) is 29.3 Å². The van der Waals surface area contributed by atoms with Gasteiger partial charge in [-0.15, -0.1) is 0 Å². The zero-order chi connectivity index (χ0) is 10.8. The van der Waals surface area contributed by atoms with Crippen molar-refractivity contribution in [1.29, 1.82) is 0 Å². The second-order valence-electron chi connectivity index (χ2n) is 3.35. The Morgan fingerprint density at radius 1 is 1.53 bits per heavy atom. The van der Waals surface area contributed by atoms with E-state index in [0.29, 0.717) is 5.15 Å². The van der Waals surface area contributed by atoms with Gasteiger partial charge in [-0.3, -0.25) is 0 Å². The summed E-state index contributed by atoms with van der Waals surface area (Å²) < 4.78 is 0. The van der Waals surface area contributed by atoms with Crippen LogP contribution in [0.3, 0.4) is 0 Å². The molecule has 78 valence electrons. The maximum absolute atomic E-state index is 5.98. The Hall–Kier alpha value is -1.39. The lowest BCUT2D eigenvalue weighted by molar-refractivity contribution is 0.931. The third-order valence-corrected chi connectivity index (χ3v) is 2.32. The number of hydrogen-bond acceptors (Lipinski definition) is 3. The molecule has 0 spiro atoms. The Balaban J connectivity index is 2.53. The van der Waals surface area contributed by atoms with E-state index in [1.807, 2.05) is 25.3 Å². The van der Waals surface area contributed by atoms with E-state index in [1.165, 1.54) is 6.33 Å². The predicted octanol–water partition coefficient (Wildman–Crippen LogP) is 1.97. The van der Waals surface area contributed by atoms with E-state index in [9.17, 15) is 0 Å². The van der Waals surface area contributed by atoms with Gasteiger partial charge in [-0.1, -0.05) is 23.8 Å². The van der Waals surface area contributed by atoms with E-state index in [2.05, 4.69) is 15.0 Å². The van der Waals surface area contributed by atoms with Crippen molar-refractivity contribution >= 4 is 28.7 Å². The molecule has 0 aromatic carbocycles. The molecule has 0 bridgehead atoms.